The molecule has 1 N–H and O–H groups in total. The van der Waals surface area contributed by atoms with Crippen molar-refractivity contribution < 1.29 is 9.21 Å². The topological polar surface area (TPSA) is 90.2 Å². The van der Waals surface area contributed by atoms with Crippen molar-refractivity contribution >= 4 is 22.6 Å². The van der Waals surface area contributed by atoms with Crippen LogP contribution < -0.4 is 5.32 Å². The summed E-state index contributed by atoms with van der Waals surface area (Å²) in [6.07, 6.45) is 7.87. The Morgan fingerprint density at radius 1 is 1.19 bits per heavy atom. The predicted molar refractivity (Wildman–Crippen MR) is 117 cm³/mol. The molecule has 1 amide bonds. The average molecular weight is 414 g/mol. The number of furan rings is 1. The molecule has 5 aromatic rings. The lowest BCUT2D eigenvalue weighted by Crippen LogP contribution is -2.26. The standard InChI is InChI=1S/C23H22N6O2/c1-15(2)29-22-18(13-25-29)17(12-19(27-22)20-6-5-11-31-20)23(30)24-9-8-16-14-28-10-4-3-7-21(28)26-16/h3-7,10-15H,8-9H2,1-2H3,(H,24,30). The van der Waals surface area contributed by atoms with Crippen LogP contribution in [0.25, 0.3) is 28.1 Å². The van der Waals surface area contributed by atoms with E-state index in [1.54, 1.807) is 24.6 Å². The maximum absolute atomic E-state index is 13.1. The molecule has 31 heavy (non-hydrogen) atoms. The molecule has 0 fully saturated rings. The van der Waals surface area contributed by atoms with Crippen LogP contribution in [0.1, 0.15) is 35.9 Å². The Kier molecular flexibility index (Phi) is 4.74. The third kappa shape index (κ3) is 3.56. The third-order valence-electron chi connectivity index (χ3n) is 5.15. The first-order valence-corrected chi connectivity index (χ1v) is 10.2. The SMILES string of the molecule is CC(C)n1ncc2c(C(=O)NCCc3cn4ccccc4n3)cc(-c3ccco3)nc21. The Labute approximate surface area is 178 Å². The first-order chi connectivity index (χ1) is 15.1. The van der Waals surface area contributed by atoms with E-state index in [4.69, 9.17) is 9.40 Å². The molecule has 0 aromatic carbocycles. The minimum Gasteiger partial charge on any atom is -0.463 e. The smallest absolute Gasteiger partial charge is 0.252 e. The monoisotopic (exact) mass is 414 g/mol. The molecule has 0 unspecified atom stereocenters. The van der Waals surface area contributed by atoms with Crippen molar-refractivity contribution in [3.05, 3.63) is 72.5 Å². The molecule has 0 atom stereocenters. The number of hydrogen-bond donors (Lipinski definition) is 1. The van der Waals surface area contributed by atoms with Gasteiger partial charge in [0.15, 0.2) is 11.4 Å². The van der Waals surface area contributed by atoms with Crippen LogP contribution in [0.2, 0.25) is 0 Å². The fourth-order valence-electron chi connectivity index (χ4n) is 3.64. The van der Waals surface area contributed by atoms with Crippen molar-refractivity contribution in [1.82, 2.24) is 29.5 Å². The zero-order chi connectivity index (χ0) is 21.4. The second-order valence-electron chi connectivity index (χ2n) is 7.66. The molecule has 0 radical (unpaired) electrons. The van der Waals surface area contributed by atoms with Crippen LogP contribution in [0.3, 0.4) is 0 Å². The Hall–Kier alpha value is -3.94. The number of imidazole rings is 1. The first-order valence-electron chi connectivity index (χ1n) is 10.2. The maximum Gasteiger partial charge on any atom is 0.252 e. The summed E-state index contributed by atoms with van der Waals surface area (Å²) in [5.41, 5.74) is 3.61. The van der Waals surface area contributed by atoms with Gasteiger partial charge < -0.3 is 14.1 Å². The Balaban J connectivity index is 1.42. The van der Waals surface area contributed by atoms with Crippen LogP contribution in [0.5, 0.6) is 0 Å². The Morgan fingerprint density at radius 2 is 2.10 bits per heavy atom. The van der Waals surface area contributed by atoms with Crippen LogP contribution in [-0.2, 0) is 6.42 Å². The van der Waals surface area contributed by atoms with Crippen molar-refractivity contribution in [2.24, 2.45) is 0 Å². The van der Waals surface area contributed by atoms with Crippen molar-refractivity contribution in [2.45, 2.75) is 26.3 Å². The number of nitrogens with one attached hydrogen (secondary N) is 1. The molecule has 0 bridgehead atoms. The molecule has 8 heteroatoms. The molecular weight excluding hydrogens is 392 g/mol. The Morgan fingerprint density at radius 3 is 2.87 bits per heavy atom. The highest BCUT2D eigenvalue weighted by molar-refractivity contribution is 6.06. The highest BCUT2D eigenvalue weighted by Crippen LogP contribution is 2.26. The van der Waals surface area contributed by atoms with E-state index in [1.807, 2.05) is 59.6 Å². The van der Waals surface area contributed by atoms with Crippen molar-refractivity contribution in [1.29, 1.82) is 0 Å². The highest BCUT2D eigenvalue weighted by atomic mass is 16.3. The molecule has 156 valence electrons. The van der Waals surface area contributed by atoms with E-state index in [9.17, 15) is 4.79 Å². The van der Waals surface area contributed by atoms with Crippen LogP contribution in [-0.4, -0.2) is 36.6 Å². The summed E-state index contributed by atoms with van der Waals surface area (Å²) in [6.45, 7) is 4.53. The lowest BCUT2D eigenvalue weighted by molar-refractivity contribution is 0.0955. The normalized spacial score (nSPS) is 11.6. The molecule has 5 heterocycles. The quantitative estimate of drug-likeness (QED) is 0.455. The number of hydrogen-bond acceptors (Lipinski definition) is 5. The number of amides is 1. The van der Waals surface area contributed by atoms with Crippen LogP contribution >= 0.6 is 0 Å². The minimum absolute atomic E-state index is 0.114. The van der Waals surface area contributed by atoms with Gasteiger partial charge in [-0.05, 0) is 44.2 Å². The van der Waals surface area contributed by atoms with Gasteiger partial charge in [-0.15, -0.1) is 0 Å². The summed E-state index contributed by atoms with van der Waals surface area (Å²) in [6, 6.07) is 11.4. The van der Waals surface area contributed by atoms with Crippen molar-refractivity contribution in [2.75, 3.05) is 6.54 Å². The number of rotatable bonds is 6. The van der Waals surface area contributed by atoms with Gasteiger partial charge in [-0.1, -0.05) is 6.07 Å². The van der Waals surface area contributed by atoms with E-state index in [0.29, 0.717) is 41.0 Å². The molecular formula is C23H22N6O2. The largest absolute Gasteiger partial charge is 0.463 e. The van der Waals surface area contributed by atoms with Crippen LogP contribution in [0.15, 0.2) is 65.7 Å². The predicted octanol–water partition coefficient (Wildman–Crippen LogP) is 3.89. The lowest BCUT2D eigenvalue weighted by Gasteiger charge is -2.10. The van der Waals surface area contributed by atoms with E-state index >= 15 is 0 Å². The fraction of sp³-hybridized carbons (Fsp3) is 0.217. The van der Waals surface area contributed by atoms with Gasteiger partial charge in [-0.2, -0.15) is 5.10 Å². The van der Waals surface area contributed by atoms with Gasteiger partial charge >= 0.3 is 0 Å². The summed E-state index contributed by atoms with van der Waals surface area (Å²) >= 11 is 0. The van der Waals surface area contributed by atoms with Gasteiger partial charge in [0.2, 0.25) is 0 Å². The summed E-state index contributed by atoms with van der Waals surface area (Å²) in [4.78, 5) is 22.4. The molecule has 0 saturated heterocycles. The fourth-order valence-corrected chi connectivity index (χ4v) is 3.64. The number of pyridine rings is 2. The third-order valence-corrected chi connectivity index (χ3v) is 5.15. The number of carbonyl (C=O) groups excluding carboxylic acids is 1. The first kappa shape index (κ1) is 19.0. The molecule has 5 aromatic heterocycles. The van der Waals surface area contributed by atoms with E-state index in [0.717, 1.165) is 11.3 Å². The van der Waals surface area contributed by atoms with E-state index in [2.05, 4.69) is 15.4 Å². The van der Waals surface area contributed by atoms with Gasteiger partial charge in [-0.25, -0.2) is 14.6 Å². The minimum atomic E-state index is -0.174. The molecule has 8 nitrogen and oxygen atoms in total. The van der Waals surface area contributed by atoms with Crippen LogP contribution in [0, 0.1) is 0 Å². The molecule has 5 rings (SSSR count). The summed E-state index contributed by atoms with van der Waals surface area (Å²) < 4.78 is 9.30. The maximum atomic E-state index is 13.1. The van der Waals surface area contributed by atoms with Crippen molar-refractivity contribution in [3.8, 4) is 11.5 Å². The van der Waals surface area contributed by atoms with Gasteiger partial charge in [0, 0.05) is 31.4 Å². The Bertz CT molecular complexity index is 1330. The number of nitrogens with zero attached hydrogens (tertiary/aromatic N) is 5. The zero-order valence-corrected chi connectivity index (χ0v) is 17.3. The summed E-state index contributed by atoms with van der Waals surface area (Å²) in [7, 11) is 0. The van der Waals surface area contributed by atoms with Gasteiger partial charge in [0.1, 0.15) is 11.3 Å². The van der Waals surface area contributed by atoms with E-state index < -0.39 is 0 Å². The average Bonchev–Trinajstić information content (AvgIpc) is 3.51. The number of aromatic nitrogens is 5. The second-order valence-corrected chi connectivity index (χ2v) is 7.66. The highest BCUT2D eigenvalue weighted by Gasteiger charge is 2.19. The number of fused-ring (bicyclic) bond motifs is 2. The molecule has 0 spiro atoms. The van der Waals surface area contributed by atoms with Crippen molar-refractivity contribution in [3.63, 3.8) is 0 Å². The number of carbonyl (C=O) groups is 1. The van der Waals surface area contributed by atoms with Gasteiger partial charge in [-0.3, -0.25) is 4.79 Å². The van der Waals surface area contributed by atoms with Crippen LogP contribution in [0.4, 0.5) is 0 Å². The van der Waals surface area contributed by atoms with Gasteiger partial charge in [0.25, 0.3) is 5.91 Å². The molecule has 0 aliphatic carbocycles. The molecule has 0 saturated carbocycles. The molecule has 0 aliphatic rings. The lowest BCUT2D eigenvalue weighted by atomic mass is 10.1. The molecule has 0 aliphatic heterocycles. The zero-order valence-electron chi connectivity index (χ0n) is 17.3. The summed E-state index contributed by atoms with van der Waals surface area (Å²) in [5, 5.41) is 8.17. The second kappa shape index (κ2) is 7.71. The van der Waals surface area contributed by atoms with E-state index in [-0.39, 0.29) is 11.9 Å². The van der Waals surface area contributed by atoms with E-state index in [1.165, 1.54) is 0 Å². The van der Waals surface area contributed by atoms with Gasteiger partial charge in [0.05, 0.1) is 29.1 Å². The summed E-state index contributed by atoms with van der Waals surface area (Å²) in [5.74, 6) is 0.435.